The maximum Gasteiger partial charge on any atom is 0.191 e. The Hall–Kier alpha value is -1.84. The molecule has 27 heavy (non-hydrogen) atoms. The van der Waals surface area contributed by atoms with Crippen LogP contribution in [0.15, 0.2) is 29.3 Å². The molecule has 1 aliphatic rings. The fraction of sp³-hybridized carbons (Fsp3) is 0.526. The zero-order valence-electron chi connectivity index (χ0n) is 16.2. The fourth-order valence-corrected chi connectivity index (χ4v) is 2.87. The molecule has 7 nitrogen and oxygen atoms in total. The van der Waals surface area contributed by atoms with Crippen LogP contribution in [-0.2, 0) is 20.0 Å². The lowest BCUT2D eigenvalue weighted by atomic mass is 10.1. The van der Waals surface area contributed by atoms with Crippen LogP contribution in [0.5, 0.6) is 5.75 Å². The van der Waals surface area contributed by atoms with Gasteiger partial charge in [-0.3, -0.25) is 0 Å². The van der Waals surface area contributed by atoms with Gasteiger partial charge in [0.05, 0.1) is 6.54 Å². The first-order chi connectivity index (χ1) is 12.7. The zero-order valence-corrected chi connectivity index (χ0v) is 18.6. The summed E-state index contributed by atoms with van der Waals surface area (Å²) in [5.74, 6) is 3.52. The van der Waals surface area contributed by atoms with E-state index in [1.807, 2.05) is 30.7 Å². The number of nitrogens with zero attached hydrogens (tertiary/aromatic N) is 4. The standard InChI is InChI=1S/C19H28N6O.HI/c1-4-5-10-20-19(22-13-18-24-23-14(2)25(18)3)21-12-16-11-15-8-6-7-9-17(15)26-16;/h6-9,16H,4-5,10-13H2,1-3H3,(H2,20,21,22);1H. The van der Waals surface area contributed by atoms with Gasteiger partial charge >= 0.3 is 0 Å². The molecule has 0 fully saturated rings. The predicted molar refractivity (Wildman–Crippen MR) is 118 cm³/mol. The minimum Gasteiger partial charge on any atom is -0.488 e. The van der Waals surface area contributed by atoms with E-state index in [4.69, 9.17) is 4.74 Å². The lowest BCUT2D eigenvalue weighted by Crippen LogP contribution is -2.42. The Morgan fingerprint density at radius 2 is 2.11 bits per heavy atom. The third-order valence-corrected chi connectivity index (χ3v) is 4.60. The number of rotatable bonds is 7. The minimum absolute atomic E-state index is 0. The second-order valence-corrected chi connectivity index (χ2v) is 6.60. The van der Waals surface area contributed by atoms with Crippen LogP contribution in [0.3, 0.4) is 0 Å². The average molecular weight is 484 g/mol. The summed E-state index contributed by atoms with van der Waals surface area (Å²) in [7, 11) is 1.96. The molecule has 0 radical (unpaired) electrons. The van der Waals surface area contributed by atoms with E-state index in [1.165, 1.54) is 5.56 Å². The molecule has 1 aliphatic heterocycles. The largest absolute Gasteiger partial charge is 0.488 e. The number of hydrogen-bond donors (Lipinski definition) is 2. The second kappa shape index (κ2) is 10.5. The Labute approximate surface area is 178 Å². The van der Waals surface area contributed by atoms with E-state index in [9.17, 15) is 0 Å². The molecule has 148 valence electrons. The van der Waals surface area contributed by atoms with Crippen molar-refractivity contribution >= 4 is 29.9 Å². The number of nitrogens with one attached hydrogen (secondary N) is 2. The number of fused-ring (bicyclic) bond motifs is 1. The van der Waals surface area contributed by atoms with E-state index in [-0.39, 0.29) is 30.1 Å². The van der Waals surface area contributed by atoms with Gasteiger partial charge in [-0.1, -0.05) is 31.5 Å². The summed E-state index contributed by atoms with van der Waals surface area (Å²) in [5, 5.41) is 15.1. The Morgan fingerprint density at radius 1 is 1.30 bits per heavy atom. The number of guanidine groups is 1. The molecule has 2 N–H and O–H groups in total. The number of hydrogen-bond acceptors (Lipinski definition) is 4. The van der Waals surface area contributed by atoms with Crippen LogP contribution in [0, 0.1) is 6.92 Å². The van der Waals surface area contributed by atoms with Gasteiger partial charge in [-0.15, -0.1) is 34.2 Å². The van der Waals surface area contributed by atoms with Gasteiger partial charge in [-0.05, 0) is 25.0 Å². The van der Waals surface area contributed by atoms with E-state index < -0.39 is 0 Å². The highest BCUT2D eigenvalue weighted by Crippen LogP contribution is 2.27. The summed E-state index contributed by atoms with van der Waals surface area (Å²) in [4.78, 5) is 4.67. The van der Waals surface area contributed by atoms with E-state index in [2.05, 4.69) is 44.9 Å². The van der Waals surface area contributed by atoms with Gasteiger partial charge in [0.2, 0.25) is 0 Å². The SMILES string of the molecule is CCCCNC(=NCc1nnc(C)n1C)NCC1Cc2ccccc2O1.I. The number of para-hydroxylation sites is 1. The molecule has 0 bridgehead atoms. The Bertz CT molecular complexity index is 735. The number of unbranched alkanes of at least 4 members (excludes halogenated alkanes) is 1. The quantitative estimate of drug-likeness (QED) is 0.274. The molecule has 0 aliphatic carbocycles. The summed E-state index contributed by atoms with van der Waals surface area (Å²) < 4.78 is 7.96. The molecule has 2 aromatic rings. The number of ether oxygens (including phenoxy) is 1. The summed E-state index contributed by atoms with van der Waals surface area (Å²) in [5.41, 5.74) is 1.27. The third-order valence-electron chi connectivity index (χ3n) is 4.60. The van der Waals surface area contributed by atoms with E-state index in [0.29, 0.717) is 13.1 Å². The van der Waals surface area contributed by atoms with Crippen molar-refractivity contribution in [2.75, 3.05) is 13.1 Å². The number of halogens is 1. The van der Waals surface area contributed by atoms with Gasteiger partial charge in [-0.25, -0.2) is 4.99 Å². The van der Waals surface area contributed by atoms with Crippen molar-refractivity contribution in [2.24, 2.45) is 12.0 Å². The van der Waals surface area contributed by atoms with Gasteiger partial charge < -0.3 is 19.9 Å². The van der Waals surface area contributed by atoms with Crippen molar-refractivity contribution < 1.29 is 4.74 Å². The van der Waals surface area contributed by atoms with Gasteiger partial charge in [0, 0.05) is 20.0 Å². The van der Waals surface area contributed by atoms with Crippen LogP contribution < -0.4 is 15.4 Å². The van der Waals surface area contributed by atoms with Gasteiger partial charge in [0.15, 0.2) is 11.8 Å². The Kier molecular flexibility index (Phi) is 8.33. The molecule has 3 rings (SSSR count). The first-order valence-electron chi connectivity index (χ1n) is 9.29. The van der Waals surface area contributed by atoms with E-state index >= 15 is 0 Å². The van der Waals surface area contributed by atoms with Crippen LogP contribution in [0.4, 0.5) is 0 Å². The summed E-state index contributed by atoms with van der Waals surface area (Å²) in [6.07, 6.45) is 3.30. The summed E-state index contributed by atoms with van der Waals surface area (Å²) >= 11 is 0. The maximum atomic E-state index is 6.00. The molecular weight excluding hydrogens is 455 g/mol. The zero-order chi connectivity index (χ0) is 18.4. The molecule has 8 heteroatoms. The summed E-state index contributed by atoms with van der Waals surface area (Å²) in [6, 6.07) is 8.22. The van der Waals surface area contributed by atoms with Gasteiger partial charge in [-0.2, -0.15) is 0 Å². The molecule has 0 amide bonds. The second-order valence-electron chi connectivity index (χ2n) is 6.60. The average Bonchev–Trinajstić information content (AvgIpc) is 3.21. The van der Waals surface area contributed by atoms with E-state index in [0.717, 1.165) is 49.2 Å². The first kappa shape index (κ1) is 21.5. The number of aromatic nitrogens is 3. The topological polar surface area (TPSA) is 76.4 Å². The smallest absolute Gasteiger partial charge is 0.191 e. The maximum absolute atomic E-state index is 6.00. The van der Waals surface area contributed by atoms with Crippen LogP contribution >= 0.6 is 24.0 Å². The normalized spacial score (nSPS) is 15.7. The van der Waals surface area contributed by atoms with Crippen molar-refractivity contribution in [3.05, 3.63) is 41.5 Å². The highest BCUT2D eigenvalue weighted by atomic mass is 127. The first-order valence-corrected chi connectivity index (χ1v) is 9.29. The molecular formula is C19H29IN6O. The third kappa shape index (κ3) is 5.82. The molecule has 2 heterocycles. The van der Waals surface area contributed by atoms with Crippen LogP contribution in [0.1, 0.15) is 37.0 Å². The lowest BCUT2D eigenvalue weighted by molar-refractivity contribution is 0.235. The van der Waals surface area contributed by atoms with Crippen LogP contribution in [0.2, 0.25) is 0 Å². The van der Waals surface area contributed by atoms with Crippen LogP contribution in [-0.4, -0.2) is 39.9 Å². The number of aliphatic imine (C=N–C) groups is 1. The molecule has 1 unspecified atom stereocenters. The van der Waals surface area contributed by atoms with Crippen molar-refractivity contribution in [2.45, 2.75) is 45.8 Å². The fourth-order valence-electron chi connectivity index (χ4n) is 2.87. The number of aryl methyl sites for hydroxylation is 1. The van der Waals surface area contributed by atoms with Crippen LogP contribution in [0.25, 0.3) is 0 Å². The van der Waals surface area contributed by atoms with Crippen molar-refractivity contribution in [1.82, 2.24) is 25.4 Å². The molecule has 1 aromatic carbocycles. The Balaban J connectivity index is 0.00000261. The predicted octanol–water partition coefficient (Wildman–Crippen LogP) is 2.58. The molecule has 1 atom stereocenters. The molecule has 0 saturated carbocycles. The number of benzene rings is 1. The van der Waals surface area contributed by atoms with Gasteiger partial charge in [0.1, 0.15) is 24.2 Å². The van der Waals surface area contributed by atoms with Crippen molar-refractivity contribution in [3.63, 3.8) is 0 Å². The van der Waals surface area contributed by atoms with E-state index in [1.54, 1.807) is 0 Å². The summed E-state index contributed by atoms with van der Waals surface area (Å²) in [6.45, 7) is 6.22. The van der Waals surface area contributed by atoms with Crippen molar-refractivity contribution in [1.29, 1.82) is 0 Å². The monoisotopic (exact) mass is 484 g/mol. The molecule has 0 saturated heterocycles. The lowest BCUT2D eigenvalue weighted by Gasteiger charge is -2.16. The highest BCUT2D eigenvalue weighted by Gasteiger charge is 2.22. The van der Waals surface area contributed by atoms with Crippen molar-refractivity contribution in [3.8, 4) is 5.75 Å². The Morgan fingerprint density at radius 3 is 2.81 bits per heavy atom. The molecule has 1 aromatic heterocycles. The van der Waals surface area contributed by atoms with Gasteiger partial charge in [0.25, 0.3) is 0 Å². The molecule has 0 spiro atoms. The minimum atomic E-state index is 0. The highest BCUT2D eigenvalue weighted by molar-refractivity contribution is 14.0.